The van der Waals surface area contributed by atoms with Crippen molar-refractivity contribution in [2.75, 3.05) is 25.6 Å². The average Bonchev–Trinajstić information content (AvgIpc) is 3.23. The van der Waals surface area contributed by atoms with Crippen molar-refractivity contribution < 1.29 is 23.0 Å². The summed E-state index contributed by atoms with van der Waals surface area (Å²) in [6.45, 7) is 0.677. The van der Waals surface area contributed by atoms with E-state index in [1.807, 2.05) is 0 Å². The molecule has 0 saturated carbocycles. The molecule has 0 aliphatic carbocycles. The number of nitrogens with zero attached hydrogens (tertiary/aromatic N) is 4. The molecule has 0 bridgehead atoms. The first-order valence-corrected chi connectivity index (χ1v) is 8.24. The Hall–Kier alpha value is -3.40. The van der Waals surface area contributed by atoms with Crippen LogP contribution in [0.25, 0.3) is 5.82 Å². The number of anilines is 1. The minimum absolute atomic E-state index is 0.0801. The monoisotopic (exact) mass is 389 g/mol. The Bertz CT molecular complexity index is 917. The normalized spacial score (nSPS) is 10.9. The third-order valence-electron chi connectivity index (χ3n) is 3.61. The van der Waals surface area contributed by atoms with Gasteiger partial charge in [-0.2, -0.15) is 0 Å². The van der Waals surface area contributed by atoms with Gasteiger partial charge in [-0.05, 0) is 12.1 Å². The summed E-state index contributed by atoms with van der Waals surface area (Å²) >= 11 is 0. The predicted octanol–water partition coefficient (Wildman–Crippen LogP) is 2.88. The maximum Gasteiger partial charge on any atom is 0.280 e. The standard InChI is InChI=1S/C18H17F2N5O3/c1-27-6-7-28-13-8-15(24-16(9-13)25-5-4-21-11-25)18(26)23-12-2-3-14(17(19)20)22-10-12/h2-5,8-11,17H,6-7H2,1H3,(H,23,26). The van der Waals surface area contributed by atoms with Crippen molar-refractivity contribution in [3.8, 4) is 11.6 Å². The van der Waals surface area contributed by atoms with Gasteiger partial charge >= 0.3 is 0 Å². The summed E-state index contributed by atoms with van der Waals surface area (Å²) < 4.78 is 37.3. The molecule has 146 valence electrons. The van der Waals surface area contributed by atoms with Crippen LogP contribution in [0.15, 0.2) is 49.2 Å². The largest absolute Gasteiger partial charge is 0.491 e. The van der Waals surface area contributed by atoms with Gasteiger partial charge in [-0.3, -0.25) is 14.3 Å². The summed E-state index contributed by atoms with van der Waals surface area (Å²) in [5.74, 6) is 0.320. The fourth-order valence-electron chi connectivity index (χ4n) is 2.26. The van der Waals surface area contributed by atoms with Crippen molar-refractivity contribution in [2.24, 2.45) is 0 Å². The Morgan fingerprint density at radius 1 is 1.29 bits per heavy atom. The van der Waals surface area contributed by atoms with Crippen LogP contribution >= 0.6 is 0 Å². The summed E-state index contributed by atoms with van der Waals surface area (Å²) in [4.78, 5) is 24.5. The maximum atomic E-state index is 12.6. The van der Waals surface area contributed by atoms with E-state index in [0.29, 0.717) is 24.8 Å². The Labute approximate surface area is 159 Å². The second-order valence-electron chi connectivity index (χ2n) is 5.58. The van der Waals surface area contributed by atoms with Gasteiger partial charge in [-0.1, -0.05) is 0 Å². The number of imidazole rings is 1. The van der Waals surface area contributed by atoms with E-state index in [1.54, 1.807) is 30.1 Å². The molecule has 0 spiro atoms. The van der Waals surface area contributed by atoms with E-state index in [2.05, 4.69) is 20.3 Å². The number of ether oxygens (including phenoxy) is 2. The lowest BCUT2D eigenvalue weighted by Gasteiger charge is -2.11. The molecule has 0 fully saturated rings. The molecule has 3 rings (SSSR count). The molecule has 0 atom stereocenters. The van der Waals surface area contributed by atoms with E-state index in [4.69, 9.17) is 9.47 Å². The van der Waals surface area contributed by atoms with Crippen molar-refractivity contribution in [1.82, 2.24) is 19.5 Å². The SMILES string of the molecule is COCCOc1cc(C(=O)Nc2ccc(C(F)F)nc2)nc(-n2ccnc2)c1. The number of alkyl halides is 2. The molecule has 0 saturated heterocycles. The Kier molecular flexibility index (Phi) is 6.22. The van der Waals surface area contributed by atoms with Crippen LogP contribution < -0.4 is 10.1 Å². The summed E-state index contributed by atoms with van der Waals surface area (Å²) in [7, 11) is 1.55. The number of hydrogen-bond acceptors (Lipinski definition) is 6. The van der Waals surface area contributed by atoms with E-state index < -0.39 is 12.3 Å². The van der Waals surface area contributed by atoms with Crippen LogP contribution in [0, 0.1) is 0 Å². The van der Waals surface area contributed by atoms with E-state index in [1.165, 1.54) is 18.5 Å². The molecular weight excluding hydrogens is 372 g/mol. The first-order chi connectivity index (χ1) is 13.6. The van der Waals surface area contributed by atoms with E-state index >= 15 is 0 Å². The second-order valence-corrected chi connectivity index (χ2v) is 5.58. The zero-order chi connectivity index (χ0) is 19.9. The van der Waals surface area contributed by atoms with Crippen LogP contribution in [0.4, 0.5) is 14.5 Å². The van der Waals surface area contributed by atoms with Crippen LogP contribution in [0.5, 0.6) is 5.75 Å². The van der Waals surface area contributed by atoms with Crippen molar-refractivity contribution in [1.29, 1.82) is 0 Å². The maximum absolute atomic E-state index is 12.6. The third-order valence-corrected chi connectivity index (χ3v) is 3.61. The van der Waals surface area contributed by atoms with Gasteiger partial charge in [-0.25, -0.2) is 18.7 Å². The zero-order valence-corrected chi connectivity index (χ0v) is 14.9. The summed E-state index contributed by atoms with van der Waals surface area (Å²) in [5.41, 5.74) is -0.0188. The zero-order valence-electron chi connectivity index (χ0n) is 14.9. The fourth-order valence-corrected chi connectivity index (χ4v) is 2.26. The molecule has 1 N–H and O–H groups in total. The number of nitrogens with one attached hydrogen (secondary N) is 1. The lowest BCUT2D eigenvalue weighted by molar-refractivity contribution is 0.102. The van der Waals surface area contributed by atoms with Gasteiger partial charge in [0, 0.05) is 31.6 Å². The number of methoxy groups -OCH3 is 1. The molecule has 0 unspecified atom stereocenters. The highest BCUT2D eigenvalue weighted by molar-refractivity contribution is 6.03. The molecule has 0 aliphatic heterocycles. The summed E-state index contributed by atoms with van der Waals surface area (Å²) in [5, 5.41) is 2.58. The number of carbonyl (C=O) groups is 1. The number of hydrogen-bond donors (Lipinski definition) is 1. The van der Waals surface area contributed by atoms with E-state index in [-0.39, 0.29) is 17.1 Å². The van der Waals surface area contributed by atoms with Crippen LogP contribution in [-0.4, -0.2) is 45.7 Å². The minimum Gasteiger partial charge on any atom is -0.491 e. The van der Waals surface area contributed by atoms with E-state index in [0.717, 1.165) is 12.3 Å². The number of carbonyl (C=O) groups excluding carboxylic acids is 1. The second kappa shape index (κ2) is 9.00. The number of pyridine rings is 2. The molecule has 0 aliphatic rings. The Morgan fingerprint density at radius 3 is 2.79 bits per heavy atom. The van der Waals surface area contributed by atoms with Gasteiger partial charge in [-0.15, -0.1) is 0 Å². The minimum atomic E-state index is -2.68. The highest BCUT2D eigenvalue weighted by Crippen LogP contribution is 2.20. The molecule has 28 heavy (non-hydrogen) atoms. The molecule has 3 aromatic rings. The van der Waals surface area contributed by atoms with Gasteiger partial charge in [0.05, 0.1) is 18.5 Å². The summed E-state index contributed by atoms with van der Waals surface area (Å²) in [6.07, 6.45) is 3.28. The van der Waals surface area contributed by atoms with Crippen molar-refractivity contribution in [3.05, 3.63) is 60.6 Å². The van der Waals surface area contributed by atoms with Crippen LogP contribution in [0.2, 0.25) is 0 Å². The van der Waals surface area contributed by atoms with Crippen LogP contribution in [0.3, 0.4) is 0 Å². The lowest BCUT2D eigenvalue weighted by atomic mass is 10.3. The van der Waals surface area contributed by atoms with Gasteiger partial charge in [0.25, 0.3) is 12.3 Å². The van der Waals surface area contributed by atoms with Gasteiger partial charge in [0.2, 0.25) is 0 Å². The molecule has 3 aromatic heterocycles. The lowest BCUT2D eigenvalue weighted by Crippen LogP contribution is -2.16. The Balaban J connectivity index is 1.83. The number of rotatable bonds is 8. The molecule has 0 radical (unpaired) electrons. The topological polar surface area (TPSA) is 91.2 Å². The number of aromatic nitrogens is 4. The molecule has 1 amide bonds. The Morgan fingerprint density at radius 2 is 2.14 bits per heavy atom. The fraction of sp³-hybridized carbons (Fsp3) is 0.222. The van der Waals surface area contributed by atoms with Gasteiger partial charge < -0.3 is 14.8 Å². The highest BCUT2D eigenvalue weighted by Gasteiger charge is 2.14. The van der Waals surface area contributed by atoms with Crippen molar-refractivity contribution >= 4 is 11.6 Å². The summed E-state index contributed by atoms with van der Waals surface area (Å²) in [6, 6.07) is 5.64. The average molecular weight is 389 g/mol. The molecule has 8 nitrogen and oxygen atoms in total. The third kappa shape index (κ3) is 4.86. The number of halogens is 2. The quantitative estimate of drug-likeness (QED) is 0.596. The molecule has 10 heteroatoms. The molecule has 3 heterocycles. The molecular formula is C18H17F2N5O3. The van der Waals surface area contributed by atoms with E-state index in [9.17, 15) is 13.6 Å². The van der Waals surface area contributed by atoms with Crippen LogP contribution in [0.1, 0.15) is 22.6 Å². The first kappa shape index (κ1) is 19.4. The van der Waals surface area contributed by atoms with Gasteiger partial charge in [0.15, 0.2) is 0 Å². The number of amides is 1. The van der Waals surface area contributed by atoms with Crippen molar-refractivity contribution in [3.63, 3.8) is 0 Å². The van der Waals surface area contributed by atoms with Crippen LogP contribution in [-0.2, 0) is 4.74 Å². The van der Waals surface area contributed by atoms with Crippen molar-refractivity contribution in [2.45, 2.75) is 6.43 Å². The smallest absolute Gasteiger partial charge is 0.280 e. The predicted molar refractivity (Wildman–Crippen MR) is 95.9 cm³/mol. The van der Waals surface area contributed by atoms with Gasteiger partial charge in [0.1, 0.15) is 35.9 Å². The first-order valence-electron chi connectivity index (χ1n) is 8.24. The highest BCUT2D eigenvalue weighted by atomic mass is 19.3. The molecule has 0 aromatic carbocycles.